The normalized spacial score (nSPS) is 15.0. The molecule has 2 aromatic carbocycles. The molecule has 1 saturated heterocycles. The molecule has 0 spiro atoms. The SMILES string of the molecule is NC(=O)NCC1CCN(c2nccc(-c3ccc4ccccc4c3)n2)CC1. The van der Waals surface area contributed by atoms with Gasteiger partial charge in [-0.1, -0.05) is 36.4 Å². The van der Waals surface area contributed by atoms with Crippen molar-refractivity contribution in [2.75, 3.05) is 24.5 Å². The van der Waals surface area contributed by atoms with E-state index in [9.17, 15) is 4.79 Å². The topological polar surface area (TPSA) is 84.1 Å². The molecule has 1 fully saturated rings. The van der Waals surface area contributed by atoms with Crippen LogP contribution in [-0.2, 0) is 0 Å². The highest BCUT2D eigenvalue weighted by Gasteiger charge is 2.21. The summed E-state index contributed by atoms with van der Waals surface area (Å²) in [4.78, 5) is 22.3. The van der Waals surface area contributed by atoms with Crippen molar-refractivity contribution in [1.82, 2.24) is 15.3 Å². The van der Waals surface area contributed by atoms with Crippen LogP contribution in [0.2, 0.25) is 0 Å². The molecule has 4 rings (SSSR count). The molecule has 0 aliphatic carbocycles. The summed E-state index contributed by atoms with van der Waals surface area (Å²) in [5.41, 5.74) is 7.18. The molecule has 0 atom stereocenters. The number of hydrogen-bond donors (Lipinski definition) is 2. The fraction of sp³-hybridized carbons (Fsp3) is 0.286. The quantitative estimate of drug-likeness (QED) is 0.747. The third kappa shape index (κ3) is 4.00. The zero-order valence-electron chi connectivity index (χ0n) is 15.1. The molecule has 3 aromatic rings. The number of fused-ring (bicyclic) bond motifs is 1. The van der Waals surface area contributed by atoms with E-state index in [2.05, 4.69) is 51.6 Å². The van der Waals surface area contributed by atoms with Crippen LogP contribution < -0.4 is 16.0 Å². The summed E-state index contributed by atoms with van der Waals surface area (Å²) >= 11 is 0. The predicted octanol–water partition coefficient (Wildman–Crippen LogP) is 3.18. The molecule has 27 heavy (non-hydrogen) atoms. The number of nitrogens with one attached hydrogen (secondary N) is 1. The average Bonchev–Trinajstić information content (AvgIpc) is 2.72. The van der Waals surface area contributed by atoms with Crippen molar-refractivity contribution < 1.29 is 4.79 Å². The summed E-state index contributed by atoms with van der Waals surface area (Å²) in [6, 6.07) is 16.2. The first-order chi connectivity index (χ1) is 13.2. The maximum absolute atomic E-state index is 10.9. The molecule has 1 aromatic heterocycles. The lowest BCUT2D eigenvalue weighted by Crippen LogP contribution is -2.40. The molecule has 2 amide bonds. The first kappa shape index (κ1) is 17.3. The predicted molar refractivity (Wildman–Crippen MR) is 107 cm³/mol. The second kappa shape index (κ2) is 7.61. The molecule has 0 bridgehead atoms. The van der Waals surface area contributed by atoms with Crippen molar-refractivity contribution in [1.29, 1.82) is 0 Å². The molecule has 1 aliphatic heterocycles. The highest BCUT2D eigenvalue weighted by molar-refractivity contribution is 5.86. The highest BCUT2D eigenvalue weighted by atomic mass is 16.2. The summed E-state index contributed by atoms with van der Waals surface area (Å²) in [5.74, 6) is 1.22. The Bertz CT molecular complexity index is 950. The van der Waals surface area contributed by atoms with Gasteiger partial charge in [-0.2, -0.15) is 0 Å². The first-order valence-corrected chi connectivity index (χ1v) is 9.29. The molecular weight excluding hydrogens is 338 g/mol. The third-order valence-corrected chi connectivity index (χ3v) is 5.15. The van der Waals surface area contributed by atoms with Gasteiger partial charge in [0.2, 0.25) is 5.95 Å². The number of carbonyl (C=O) groups excluding carboxylic acids is 1. The maximum atomic E-state index is 10.9. The van der Waals surface area contributed by atoms with E-state index in [1.807, 2.05) is 18.3 Å². The van der Waals surface area contributed by atoms with Crippen molar-refractivity contribution in [3.8, 4) is 11.3 Å². The smallest absolute Gasteiger partial charge is 0.312 e. The van der Waals surface area contributed by atoms with Gasteiger partial charge in [0.05, 0.1) is 5.69 Å². The zero-order valence-corrected chi connectivity index (χ0v) is 15.1. The minimum atomic E-state index is -0.455. The lowest BCUT2D eigenvalue weighted by Gasteiger charge is -2.32. The van der Waals surface area contributed by atoms with Crippen LogP contribution in [0.5, 0.6) is 0 Å². The number of piperidine rings is 1. The Morgan fingerprint density at radius 2 is 1.89 bits per heavy atom. The number of primary amides is 1. The molecule has 0 radical (unpaired) electrons. The Labute approximate surface area is 158 Å². The van der Waals surface area contributed by atoms with Gasteiger partial charge in [-0.3, -0.25) is 0 Å². The number of nitrogens with two attached hydrogens (primary N) is 1. The van der Waals surface area contributed by atoms with Crippen molar-refractivity contribution in [3.63, 3.8) is 0 Å². The Kier molecular flexibility index (Phi) is 4.87. The van der Waals surface area contributed by atoms with Crippen LogP contribution in [0.3, 0.4) is 0 Å². The van der Waals surface area contributed by atoms with Crippen LogP contribution in [-0.4, -0.2) is 35.6 Å². The van der Waals surface area contributed by atoms with Gasteiger partial charge in [0.15, 0.2) is 0 Å². The van der Waals surface area contributed by atoms with E-state index in [4.69, 9.17) is 10.7 Å². The Balaban J connectivity index is 1.48. The molecule has 2 heterocycles. The van der Waals surface area contributed by atoms with E-state index in [-0.39, 0.29) is 0 Å². The lowest BCUT2D eigenvalue weighted by atomic mass is 9.97. The minimum Gasteiger partial charge on any atom is -0.352 e. The van der Waals surface area contributed by atoms with E-state index >= 15 is 0 Å². The van der Waals surface area contributed by atoms with E-state index < -0.39 is 6.03 Å². The van der Waals surface area contributed by atoms with Gasteiger partial charge in [0, 0.05) is 31.4 Å². The van der Waals surface area contributed by atoms with Crippen molar-refractivity contribution in [3.05, 3.63) is 54.7 Å². The van der Waals surface area contributed by atoms with Crippen LogP contribution in [0.1, 0.15) is 12.8 Å². The second-order valence-corrected chi connectivity index (χ2v) is 6.98. The second-order valence-electron chi connectivity index (χ2n) is 6.98. The monoisotopic (exact) mass is 361 g/mol. The Morgan fingerprint density at radius 3 is 2.67 bits per heavy atom. The summed E-state index contributed by atoms with van der Waals surface area (Å²) in [5, 5.41) is 5.13. The molecule has 0 saturated carbocycles. The van der Waals surface area contributed by atoms with Gasteiger partial charge in [-0.05, 0) is 41.7 Å². The van der Waals surface area contributed by atoms with Crippen LogP contribution in [0.15, 0.2) is 54.7 Å². The molecular formula is C21H23N5O. The van der Waals surface area contributed by atoms with Crippen molar-refractivity contribution in [2.24, 2.45) is 11.7 Å². The zero-order chi connectivity index (χ0) is 18.6. The van der Waals surface area contributed by atoms with Crippen LogP contribution >= 0.6 is 0 Å². The Hall–Kier alpha value is -3.15. The van der Waals surface area contributed by atoms with Gasteiger partial charge in [-0.15, -0.1) is 0 Å². The van der Waals surface area contributed by atoms with Crippen molar-refractivity contribution in [2.45, 2.75) is 12.8 Å². The van der Waals surface area contributed by atoms with E-state index in [0.717, 1.165) is 43.1 Å². The fourth-order valence-corrected chi connectivity index (χ4v) is 3.59. The van der Waals surface area contributed by atoms with Crippen LogP contribution in [0, 0.1) is 5.92 Å². The van der Waals surface area contributed by atoms with Crippen molar-refractivity contribution >= 4 is 22.8 Å². The van der Waals surface area contributed by atoms with Gasteiger partial charge in [0.1, 0.15) is 0 Å². The average molecular weight is 361 g/mol. The molecule has 3 N–H and O–H groups in total. The molecule has 6 heteroatoms. The summed E-state index contributed by atoms with van der Waals surface area (Å²) < 4.78 is 0. The Morgan fingerprint density at radius 1 is 1.11 bits per heavy atom. The molecule has 6 nitrogen and oxygen atoms in total. The number of amides is 2. The standard InChI is InChI=1S/C21H23N5O/c22-20(27)24-14-15-8-11-26(12-9-15)21-23-10-7-19(25-21)18-6-5-16-3-1-2-4-17(16)13-18/h1-7,10,13,15H,8-9,11-12,14H2,(H3,22,24,27). The molecule has 0 unspecified atom stereocenters. The summed E-state index contributed by atoms with van der Waals surface area (Å²) in [7, 11) is 0. The fourth-order valence-electron chi connectivity index (χ4n) is 3.59. The van der Waals surface area contributed by atoms with Gasteiger partial charge in [0.25, 0.3) is 0 Å². The summed E-state index contributed by atoms with van der Waals surface area (Å²) in [6.45, 7) is 2.40. The van der Waals surface area contributed by atoms with Crippen LogP contribution in [0.4, 0.5) is 10.7 Å². The van der Waals surface area contributed by atoms with Gasteiger partial charge >= 0.3 is 6.03 Å². The number of benzene rings is 2. The maximum Gasteiger partial charge on any atom is 0.312 e. The molecule has 138 valence electrons. The number of hydrogen-bond acceptors (Lipinski definition) is 4. The largest absolute Gasteiger partial charge is 0.352 e. The van der Waals surface area contributed by atoms with Crippen LogP contribution in [0.25, 0.3) is 22.0 Å². The first-order valence-electron chi connectivity index (χ1n) is 9.29. The minimum absolute atomic E-state index is 0.455. The number of rotatable bonds is 4. The number of aromatic nitrogens is 2. The number of nitrogens with zero attached hydrogens (tertiary/aromatic N) is 3. The number of anilines is 1. The van der Waals surface area contributed by atoms with E-state index in [1.165, 1.54) is 10.8 Å². The lowest BCUT2D eigenvalue weighted by molar-refractivity contribution is 0.245. The third-order valence-electron chi connectivity index (χ3n) is 5.15. The van der Waals surface area contributed by atoms with Gasteiger partial charge < -0.3 is 16.0 Å². The number of carbonyl (C=O) groups is 1. The van der Waals surface area contributed by atoms with E-state index in [1.54, 1.807) is 0 Å². The number of urea groups is 1. The van der Waals surface area contributed by atoms with Gasteiger partial charge in [-0.25, -0.2) is 14.8 Å². The molecule has 1 aliphatic rings. The van der Waals surface area contributed by atoms with E-state index in [0.29, 0.717) is 12.5 Å². The highest BCUT2D eigenvalue weighted by Crippen LogP contribution is 2.25. The summed E-state index contributed by atoms with van der Waals surface area (Å²) in [6.07, 6.45) is 3.81.